The molecule has 5 nitrogen and oxygen atoms in total. The quantitative estimate of drug-likeness (QED) is 0.921. The summed E-state index contributed by atoms with van der Waals surface area (Å²) in [7, 11) is -3.80. The van der Waals surface area contributed by atoms with E-state index in [1.54, 1.807) is 19.1 Å². The van der Waals surface area contributed by atoms with Crippen molar-refractivity contribution in [2.24, 2.45) is 0 Å². The highest BCUT2D eigenvalue weighted by Gasteiger charge is 2.44. The van der Waals surface area contributed by atoms with E-state index in [2.05, 4.69) is 0 Å². The van der Waals surface area contributed by atoms with Gasteiger partial charge in [-0.15, -0.1) is 11.8 Å². The van der Waals surface area contributed by atoms with Gasteiger partial charge >= 0.3 is 5.97 Å². The van der Waals surface area contributed by atoms with E-state index in [4.69, 9.17) is 0 Å². The minimum absolute atomic E-state index is 0.163. The highest BCUT2D eigenvalue weighted by molar-refractivity contribution is 8.01. The molecular weight excluding hydrogens is 298 g/mol. The number of benzene rings is 1. The van der Waals surface area contributed by atoms with E-state index < -0.39 is 22.0 Å². The first-order chi connectivity index (χ1) is 9.23. The van der Waals surface area contributed by atoms with Crippen LogP contribution in [0, 0.1) is 13.8 Å². The molecule has 110 valence electrons. The molecule has 1 heterocycles. The van der Waals surface area contributed by atoms with E-state index in [-0.39, 0.29) is 16.0 Å². The number of hydrogen-bond acceptors (Lipinski definition) is 4. The first kappa shape index (κ1) is 15.3. The number of carbonyl (C=O) groups is 1. The number of thioether (sulfide) groups is 1. The van der Waals surface area contributed by atoms with Crippen molar-refractivity contribution in [3.8, 4) is 0 Å². The molecule has 2 unspecified atom stereocenters. The molecule has 7 heteroatoms. The lowest BCUT2D eigenvalue weighted by Gasteiger charge is -2.24. The predicted octanol–water partition coefficient (Wildman–Crippen LogP) is 1.84. The summed E-state index contributed by atoms with van der Waals surface area (Å²) in [4.78, 5) is 11.4. The van der Waals surface area contributed by atoms with E-state index in [0.717, 1.165) is 15.4 Å². The molecule has 1 N–H and O–H groups in total. The molecule has 1 saturated heterocycles. The largest absolute Gasteiger partial charge is 0.480 e. The van der Waals surface area contributed by atoms with Crippen molar-refractivity contribution in [1.82, 2.24) is 4.31 Å². The van der Waals surface area contributed by atoms with Crippen LogP contribution in [0.15, 0.2) is 23.1 Å². The van der Waals surface area contributed by atoms with Crippen molar-refractivity contribution in [3.63, 3.8) is 0 Å². The van der Waals surface area contributed by atoms with E-state index in [1.165, 1.54) is 11.8 Å². The minimum atomic E-state index is -3.80. The molecule has 1 aromatic rings. The minimum Gasteiger partial charge on any atom is -0.480 e. The molecule has 0 bridgehead atoms. The fourth-order valence-electron chi connectivity index (χ4n) is 2.38. The van der Waals surface area contributed by atoms with Gasteiger partial charge in [-0.3, -0.25) is 4.79 Å². The molecule has 1 fully saturated rings. The van der Waals surface area contributed by atoms with Crippen molar-refractivity contribution in [2.75, 3.05) is 5.75 Å². The predicted molar refractivity (Wildman–Crippen MR) is 78.3 cm³/mol. The summed E-state index contributed by atoms with van der Waals surface area (Å²) in [6.07, 6.45) is 0. The van der Waals surface area contributed by atoms with Crippen LogP contribution >= 0.6 is 11.8 Å². The van der Waals surface area contributed by atoms with Gasteiger partial charge in [0.15, 0.2) is 0 Å². The van der Waals surface area contributed by atoms with Crippen molar-refractivity contribution < 1.29 is 18.3 Å². The fourth-order valence-corrected chi connectivity index (χ4v) is 5.86. The summed E-state index contributed by atoms with van der Waals surface area (Å²) < 4.78 is 26.5. The zero-order chi connectivity index (χ0) is 15.1. The van der Waals surface area contributed by atoms with Crippen LogP contribution in [0.25, 0.3) is 0 Å². The monoisotopic (exact) mass is 315 g/mol. The topological polar surface area (TPSA) is 74.7 Å². The molecule has 0 radical (unpaired) electrons. The average molecular weight is 315 g/mol. The first-order valence-electron chi connectivity index (χ1n) is 6.19. The van der Waals surface area contributed by atoms with Gasteiger partial charge in [-0.25, -0.2) is 8.42 Å². The summed E-state index contributed by atoms with van der Waals surface area (Å²) in [6.45, 7) is 5.36. The molecule has 2 atom stereocenters. The van der Waals surface area contributed by atoms with Crippen molar-refractivity contribution in [1.29, 1.82) is 0 Å². The molecule has 0 saturated carbocycles. The van der Waals surface area contributed by atoms with Gasteiger partial charge in [0.1, 0.15) is 6.04 Å². The van der Waals surface area contributed by atoms with Crippen molar-refractivity contribution in [2.45, 2.75) is 37.1 Å². The number of sulfonamides is 1. The second-order valence-corrected chi connectivity index (χ2v) is 8.14. The smallest absolute Gasteiger partial charge is 0.322 e. The van der Waals surface area contributed by atoms with Gasteiger partial charge in [-0.1, -0.05) is 6.07 Å². The molecule has 1 aliphatic heterocycles. The van der Waals surface area contributed by atoms with Crippen LogP contribution in [-0.4, -0.2) is 41.0 Å². The van der Waals surface area contributed by atoms with Crippen LogP contribution in [0.3, 0.4) is 0 Å². The molecule has 0 aromatic heterocycles. The second kappa shape index (κ2) is 5.38. The number of carboxylic acid groups (broad SMARTS) is 1. The number of rotatable bonds is 3. The van der Waals surface area contributed by atoms with Crippen LogP contribution in [0.2, 0.25) is 0 Å². The normalized spacial score (nSPS) is 23.9. The first-order valence-corrected chi connectivity index (χ1v) is 8.68. The Morgan fingerprint density at radius 1 is 1.30 bits per heavy atom. The standard InChI is InChI=1S/C13H17NO4S2/c1-8-4-9(2)6-11(5-8)20(17,18)14-10(3)19-7-12(14)13(15)16/h4-6,10,12H,7H2,1-3H3,(H,15,16). The van der Waals surface area contributed by atoms with Crippen LogP contribution in [0.4, 0.5) is 0 Å². The summed E-state index contributed by atoms with van der Waals surface area (Å²) in [5, 5.41) is 8.83. The molecule has 2 rings (SSSR count). The number of carboxylic acids is 1. The lowest BCUT2D eigenvalue weighted by atomic mass is 10.2. The van der Waals surface area contributed by atoms with Crippen LogP contribution < -0.4 is 0 Å². The molecular formula is C13H17NO4S2. The molecule has 1 aromatic carbocycles. The summed E-state index contributed by atoms with van der Waals surface area (Å²) in [5.41, 5.74) is 1.69. The Morgan fingerprint density at radius 3 is 2.35 bits per heavy atom. The third-order valence-electron chi connectivity index (χ3n) is 3.22. The van der Waals surface area contributed by atoms with Crippen LogP contribution in [0.5, 0.6) is 0 Å². The third-order valence-corrected chi connectivity index (χ3v) is 6.52. The summed E-state index contributed by atoms with van der Waals surface area (Å²) in [6, 6.07) is 4.05. The van der Waals surface area contributed by atoms with Gasteiger partial charge in [0.25, 0.3) is 0 Å². The summed E-state index contributed by atoms with van der Waals surface area (Å²) in [5.74, 6) is -0.824. The second-order valence-electron chi connectivity index (χ2n) is 4.95. The van der Waals surface area contributed by atoms with Gasteiger partial charge in [0.2, 0.25) is 10.0 Å². The van der Waals surface area contributed by atoms with Crippen LogP contribution in [-0.2, 0) is 14.8 Å². The maximum Gasteiger partial charge on any atom is 0.322 e. The summed E-state index contributed by atoms with van der Waals surface area (Å²) >= 11 is 1.34. The molecule has 20 heavy (non-hydrogen) atoms. The highest BCUT2D eigenvalue weighted by atomic mass is 32.2. The third kappa shape index (κ3) is 2.70. The maximum atomic E-state index is 12.7. The van der Waals surface area contributed by atoms with Crippen molar-refractivity contribution in [3.05, 3.63) is 29.3 Å². The Bertz CT molecular complexity index is 622. The zero-order valence-corrected chi connectivity index (χ0v) is 13.2. The zero-order valence-electron chi connectivity index (χ0n) is 11.5. The van der Waals surface area contributed by atoms with Gasteiger partial charge in [-0.05, 0) is 44.0 Å². The lowest BCUT2D eigenvalue weighted by molar-refractivity contribution is -0.140. The van der Waals surface area contributed by atoms with Gasteiger partial charge < -0.3 is 5.11 Å². The Kier molecular flexibility index (Phi) is 4.13. The van der Waals surface area contributed by atoms with E-state index >= 15 is 0 Å². The van der Waals surface area contributed by atoms with Gasteiger partial charge in [0.05, 0.1) is 10.3 Å². The molecule has 1 aliphatic rings. The van der Waals surface area contributed by atoms with Gasteiger partial charge in [-0.2, -0.15) is 4.31 Å². The Labute approximate surface area is 123 Å². The SMILES string of the molecule is Cc1cc(C)cc(S(=O)(=O)N2C(C)SCC2C(=O)O)c1. The number of aliphatic carboxylic acids is 1. The van der Waals surface area contributed by atoms with Gasteiger partial charge in [0, 0.05) is 5.75 Å². The molecule has 0 aliphatic carbocycles. The van der Waals surface area contributed by atoms with E-state index in [9.17, 15) is 18.3 Å². The molecule has 0 amide bonds. The fraction of sp³-hybridized carbons (Fsp3) is 0.462. The Balaban J connectivity index is 2.50. The van der Waals surface area contributed by atoms with E-state index in [1.807, 2.05) is 19.9 Å². The maximum absolute atomic E-state index is 12.7. The number of hydrogen-bond donors (Lipinski definition) is 1. The van der Waals surface area contributed by atoms with E-state index in [0.29, 0.717) is 0 Å². The van der Waals surface area contributed by atoms with Crippen molar-refractivity contribution >= 4 is 27.8 Å². The Hall–Kier alpha value is -1.05. The number of aryl methyl sites for hydroxylation is 2. The highest BCUT2D eigenvalue weighted by Crippen LogP contribution is 2.34. The van der Waals surface area contributed by atoms with Crippen LogP contribution in [0.1, 0.15) is 18.1 Å². The Morgan fingerprint density at radius 2 is 1.85 bits per heavy atom. The number of nitrogens with zero attached hydrogens (tertiary/aromatic N) is 1. The average Bonchev–Trinajstić information content (AvgIpc) is 2.70. The lowest BCUT2D eigenvalue weighted by Crippen LogP contribution is -2.44. The molecule has 0 spiro atoms.